The Morgan fingerprint density at radius 1 is 1.21 bits per heavy atom. The summed E-state index contributed by atoms with van der Waals surface area (Å²) < 4.78 is 2.30. The number of hydrogen-bond donors (Lipinski definition) is 1. The first-order chi connectivity index (χ1) is 9.33. The number of nitrogens with zero attached hydrogens (tertiary/aromatic N) is 2. The average molecular weight is 277 g/mol. The second kappa shape index (κ2) is 7.56. The number of para-hydroxylation sites is 2. The van der Waals surface area contributed by atoms with E-state index in [-0.39, 0.29) is 0 Å². The van der Waals surface area contributed by atoms with Gasteiger partial charge in [-0.2, -0.15) is 11.8 Å². The molecular formula is C15H23N3S. The quantitative estimate of drug-likeness (QED) is 0.752. The summed E-state index contributed by atoms with van der Waals surface area (Å²) in [5.74, 6) is 2.37. The van der Waals surface area contributed by atoms with Gasteiger partial charge in [-0.1, -0.05) is 12.1 Å². The Balaban J connectivity index is 1.80. The molecule has 1 N–H and O–H groups in total. The lowest BCUT2D eigenvalue weighted by Gasteiger charge is -2.08. The molecule has 0 aliphatic heterocycles. The third-order valence-electron chi connectivity index (χ3n) is 3.31. The molecule has 0 aliphatic rings. The largest absolute Gasteiger partial charge is 0.327 e. The van der Waals surface area contributed by atoms with Crippen LogP contribution in [-0.4, -0.2) is 34.6 Å². The standard InChI is InChI=1S/C15H23N3S/c1-13-17-14-7-3-4-8-15(14)18(13)11-10-16-9-5-6-12-19-2/h3-4,7-8,16H,5-6,9-12H2,1-2H3. The van der Waals surface area contributed by atoms with Crippen molar-refractivity contribution < 1.29 is 0 Å². The molecule has 2 aromatic rings. The van der Waals surface area contributed by atoms with E-state index in [2.05, 4.69) is 46.2 Å². The summed E-state index contributed by atoms with van der Waals surface area (Å²) in [6.07, 6.45) is 4.74. The first kappa shape index (κ1) is 14.4. The van der Waals surface area contributed by atoms with Gasteiger partial charge in [0.2, 0.25) is 0 Å². The Morgan fingerprint density at radius 3 is 2.89 bits per heavy atom. The molecule has 4 heteroatoms. The van der Waals surface area contributed by atoms with Crippen LogP contribution in [0.5, 0.6) is 0 Å². The Hall–Kier alpha value is -1.00. The van der Waals surface area contributed by atoms with E-state index in [1.807, 2.05) is 17.8 Å². The van der Waals surface area contributed by atoms with Crippen LogP contribution in [0.15, 0.2) is 24.3 Å². The van der Waals surface area contributed by atoms with Gasteiger partial charge >= 0.3 is 0 Å². The lowest BCUT2D eigenvalue weighted by Crippen LogP contribution is -2.21. The van der Waals surface area contributed by atoms with Gasteiger partial charge in [0.1, 0.15) is 5.82 Å². The molecule has 0 fully saturated rings. The molecule has 0 bridgehead atoms. The molecule has 0 atom stereocenters. The molecule has 1 aromatic heterocycles. The van der Waals surface area contributed by atoms with E-state index in [0.717, 1.165) is 31.0 Å². The van der Waals surface area contributed by atoms with Crippen LogP contribution in [0.25, 0.3) is 11.0 Å². The van der Waals surface area contributed by atoms with Crippen LogP contribution in [0.2, 0.25) is 0 Å². The number of nitrogens with one attached hydrogen (secondary N) is 1. The van der Waals surface area contributed by atoms with Gasteiger partial charge in [-0.3, -0.25) is 0 Å². The van der Waals surface area contributed by atoms with Crippen molar-refractivity contribution in [3.05, 3.63) is 30.1 Å². The van der Waals surface area contributed by atoms with E-state index >= 15 is 0 Å². The summed E-state index contributed by atoms with van der Waals surface area (Å²) in [5, 5.41) is 3.52. The molecular weight excluding hydrogens is 254 g/mol. The summed E-state index contributed by atoms with van der Waals surface area (Å²) in [6, 6.07) is 8.35. The Bertz CT molecular complexity index is 507. The molecule has 1 aromatic carbocycles. The zero-order valence-electron chi connectivity index (χ0n) is 11.9. The van der Waals surface area contributed by atoms with Crippen molar-refractivity contribution in [2.45, 2.75) is 26.3 Å². The van der Waals surface area contributed by atoms with Gasteiger partial charge in [0.25, 0.3) is 0 Å². The van der Waals surface area contributed by atoms with Gasteiger partial charge in [0, 0.05) is 13.1 Å². The molecule has 0 amide bonds. The van der Waals surface area contributed by atoms with Crippen molar-refractivity contribution in [2.24, 2.45) is 0 Å². The number of imidazole rings is 1. The number of thioether (sulfide) groups is 1. The Labute approximate surface area is 119 Å². The van der Waals surface area contributed by atoms with Gasteiger partial charge in [-0.25, -0.2) is 4.98 Å². The predicted octanol–water partition coefficient (Wildman–Crippen LogP) is 3.08. The molecule has 0 aliphatic carbocycles. The minimum Gasteiger partial charge on any atom is -0.327 e. The second-order valence-corrected chi connectivity index (χ2v) is 5.73. The third kappa shape index (κ3) is 3.98. The number of benzene rings is 1. The third-order valence-corrected chi connectivity index (χ3v) is 4.01. The molecule has 0 saturated carbocycles. The second-order valence-electron chi connectivity index (χ2n) is 4.75. The fourth-order valence-corrected chi connectivity index (χ4v) is 2.78. The summed E-state index contributed by atoms with van der Waals surface area (Å²) in [6.45, 7) is 5.21. The van der Waals surface area contributed by atoms with Gasteiger partial charge in [-0.05, 0) is 50.5 Å². The van der Waals surface area contributed by atoms with Crippen molar-refractivity contribution in [2.75, 3.05) is 25.1 Å². The number of hydrogen-bond acceptors (Lipinski definition) is 3. The molecule has 3 nitrogen and oxygen atoms in total. The SMILES string of the molecule is CSCCCCNCCn1c(C)nc2ccccc21. The summed E-state index contributed by atoms with van der Waals surface area (Å²) >= 11 is 1.93. The molecule has 0 spiro atoms. The van der Waals surface area contributed by atoms with Crippen LogP contribution >= 0.6 is 11.8 Å². The number of fused-ring (bicyclic) bond motifs is 1. The maximum Gasteiger partial charge on any atom is 0.106 e. The van der Waals surface area contributed by atoms with Crippen molar-refractivity contribution in [1.82, 2.24) is 14.9 Å². The topological polar surface area (TPSA) is 29.9 Å². The van der Waals surface area contributed by atoms with Crippen LogP contribution in [0.3, 0.4) is 0 Å². The van der Waals surface area contributed by atoms with Crippen LogP contribution in [-0.2, 0) is 6.54 Å². The smallest absolute Gasteiger partial charge is 0.106 e. The summed E-state index contributed by atoms with van der Waals surface area (Å²) in [5.41, 5.74) is 2.34. The molecule has 0 unspecified atom stereocenters. The van der Waals surface area contributed by atoms with Crippen molar-refractivity contribution in [1.29, 1.82) is 0 Å². The maximum absolute atomic E-state index is 4.58. The van der Waals surface area contributed by atoms with Gasteiger partial charge in [-0.15, -0.1) is 0 Å². The van der Waals surface area contributed by atoms with E-state index < -0.39 is 0 Å². The molecule has 104 valence electrons. The molecule has 1 heterocycles. The van der Waals surface area contributed by atoms with E-state index in [1.165, 1.54) is 24.1 Å². The highest BCUT2D eigenvalue weighted by molar-refractivity contribution is 7.98. The molecule has 0 radical (unpaired) electrons. The first-order valence-corrected chi connectivity index (χ1v) is 8.34. The molecule has 0 saturated heterocycles. The van der Waals surface area contributed by atoms with E-state index in [9.17, 15) is 0 Å². The van der Waals surface area contributed by atoms with Crippen molar-refractivity contribution >= 4 is 22.8 Å². The van der Waals surface area contributed by atoms with E-state index in [4.69, 9.17) is 0 Å². The van der Waals surface area contributed by atoms with Gasteiger partial charge in [0.05, 0.1) is 11.0 Å². The lowest BCUT2D eigenvalue weighted by atomic mass is 10.3. The number of aromatic nitrogens is 2. The first-order valence-electron chi connectivity index (χ1n) is 6.94. The number of aryl methyl sites for hydroxylation is 1. The van der Waals surface area contributed by atoms with Crippen LogP contribution in [0.4, 0.5) is 0 Å². The van der Waals surface area contributed by atoms with E-state index in [0.29, 0.717) is 0 Å². The fraction of sp³-hybridized carbons (Fsp3) is 0.533. The van der Waals surface area contributed by atoms with Crippen LogP contribution in [0.1, 0.15) is 18.7 Å². The minimum atomic E-state index is 0.995. The van der Waals surface area contributed by atoms with Crippen molar-refractivity contribution in [3.8, 4) is 0 Å². The Kier molecular flexibility index (Phi) is 5.73. The van der Waals surface area contributed by atoms with Crippen LogP contribution < -0.4 is 5.32 Å². The Morgan fingerprint density at radius 2 is 2.05 bits per heavy atom. The maximum atomic E-state index is 4.58. The zero-order chi connectivity index (χ0) is 13.5. The summed E-state index contributed by atoms with van der Waals surface area (Å²) in [7, 11) is 0. The number of unbranched alkanes of at least 4 members (excludes halogenated alkanes) is 1. The van der Waals surface area contributed by atoms with E-state index in [1.54, 1.807) is 0 Å². The highest BCUT2D eigenvalue weighted by atomic mass is 32.2. The zero-order valence-corrected chi connectivity index (χ0v) is 12.7. The number of rotatable bonds is 8. The summed E-state index contributed by atoms with van der Waals surface area (Å²) in [4.78, 5) is 4.58. The fourth-order valence-electron chi connectivity index (χ4n) is 2.29. The average Bonchev–Trinajstić information content (AvgIpc) is 2.74. The normalized spacial score (nSPS) is 11.3. The highest BCUT2D eigenvalue weighted by Crippen LogP contribution is 2.14. The van der Waals surface area contributed by atoms with Crippen LogP contribution in [0, 0.1) is 6.92 Å². The molecule has 19 heavy (non-hydrogen) atoms. The monoisotopic (exact) mass is 277 g/mol. The minimum absolute atomic E-state index is 0.995. The van der Waals surface area contributed by atoms with Crippen molar-refractivity contribution in [3.63, 3.8) is 0 Å². The molecule has 2 rings (SSSR count). The van der Waals surface area contributed by atoms with Gasteiger partial charge in [0.15, 0.2) is 0 Å². The predicted molar refractivity (Wildman–Crippen MR) is 85.0 cm³/mol. The van der Waals surface area contributed by atoms with Gasteiger partial charge < -0.3 is 9.88 Å². The lowest BCUT2D eigenvalue weighted by molar-refractivity contribution is 0.581. The highest BCUT2D eigenvalue weighted by Gasteiger charge is 2.05.